The van der Waals surface area contributed by atoms with Crippen LogP contribution in [-0.4, -0.2) is 14.6 Å². The van der Waals surface area contributed by atoms with E-state index < -0.39 is 0 Å². The highest BCUT2D eigenvalue weighted by molar-refractivity contribution is 5.53. The zero-order valence-corrected chi connectivity index (χ0v) is 12.9. The Kier molecular flexibility index (Phi) is 4.38. The number of hydrogen-bond acceptors (Lipinski definition) is 2. The molecule has 0 unspecified atom stereocenters. The van der Waals surface area contributed by atoms with E-state index in [-0.39, 0.29) is 0 Å². The minimum absolute atomic E-state index is 0.908. The standard InChI is InChI=1S/C17H23N3/c1-6-9-14(7-2)11-15-16(8-3)19-20-13(5)10-12(4)18-17(15)20/h6,9-10H,1,7-8,11H2,2-5H3. The van der Waals surface area contributed by atoms with E-state index in [9.17, 15) is 0 Å². The molecule has 0 saturated heterocycles. The largest absolute Gasteiger partial charge is 0.234 e. The second-order valence-electron chi connectivity index (χ2n) is 5.14. The van der Waals surface area contributed by atoms with Gasteiger partial charge < -0.3 is 0 Å². The van der Waals surface area contributed by atoms with Gasteiger partial charge in [-0.1, -0.05) is 38.2 Å². The van der Waals surface area contributed by atoms with Crippen LogP contribution in [0, 0.1) is 13.8 Å². The number of fused-ring (bicyclic) bond motifs is 1. The minimum atomic E-state index is 0.908. The molecule has 3 nitrogen and oxygen atoms in total. The maximum atomic E-state index is 4.72. The average Bonchev–Trinajstić information content (AvgIpc) is 2.76. The van der Waals surface area contributed by atoms with Crippen molar-refractivity contribution in [3.8, 4) is 0 Å². The first-order valence-corrected chi connectivity index (χ1v) is 7.25. The molecular formula is C17H23N3. The summed E-state index contributed by atoms with van der Waals surface area (Å²) in [7, 11) is 0. The molecule has 2 aromatic heterocycles. The van der Waals surface area contributed by atoms with Crippen molar-refractivity contribution in [2.45, 2.75) is 47.0 Å². The number of allylic oxidation sites excluding steroid dienone is 3. The predicted molar refractivity (Wildman–Crippen MR) is 84.1 cm³/mol. The number of nitrogens with zero attached hydrogens (tertiary/aromatic N) is 3. The molecule has 2 heterocycles. The van der Waals surface area contributed by atoms with Gasteiger partial charge in [-0.05, 0) is 39.2 Å². The first kappa shape index (κ1) is 14.5. The van der Waals surface area contributed by atoms with E-state index in [1.54, 1.807) is 0 Å². The summed E-state index contributed by atoms with van der Waals surface area (Å²) in [5.41, 5.74) is 6.96. The fourth-order valence-corrected chi connectivity index (χ4v) is 2.57. The highest BCUT2D eigenvalue weighted by Crippen LogP contribution is 2.21. The topological polar surface area (TPSA) is 30.2 Å². The van der Waals surface area contributed by atoms with Crippen molar-refractivity contribution in [2.24, 2.45) is 0 Å². The van der Waals surface area contributed by atoms with E-state index in [2.05, 4.69) is 39.5 Å². The third-order valence-electron chi connectivity index (χ3n) is 3.62. The summed E-state index contributed by atoms with van der Waals surface area (Å²) in [5, 5.41) is 4.72. The summed E-state index contributed by atoms with van der Waals surface area (Å²) in [6, 6.07) is 2.07. The summed E-state index contributed by atoms with van der Waals surface area (Å²) in [6.07, 6.45) is 6.83. The maximum absolute atomic E-state index is 4.72. The average molecular weight is 269 g/mol. The summed E-state index contributed by atoms with van der Waals surface area (Å²) in [6.45, 7) is 12.2. The molecule has 106 valence electrons. The van der Waals surface area contributed by atoms with Crippen LogP contribution < -0.4 is 0 Å². The van der Waals surface area contributed by atoms with Crippen molar-refractivity contribution in [2.75, 3.05) is 0 Å². The zero-order chi connectivity index (χ0) is 14.7. The van der Waals surface area contributed by atoms with Gasteiger partial charge in [0.05, 0.1) is 5.69 Å². The van der Waals surface area contributed by atoms with Crippen LogP contribution in [0.4, 0.5) is 0 Å². The Bertz CT molecular complexity index is 662. The highest BCUT2D eigenvalue weighted by atomic mass is 15.3. The van der Waals surface area contributed by atoms with Crippen molar-refractivity contribution in [3.05, 3.63) is 53.0 Å². The van der Waals surface area contributed by atoms with E-state index in [0.29, 0.717) is 0 Å². The molecule has 0 amide bonds. The van der Waals surface area contributed by atoms with Crippen LogP contribution in [0.15, 0.2) is 30.4 Å². The zero-order valence-electron chi connectivity index (χ0n) is 12.9. The summed E-state index contributed by atoms with van der Waals surface area (Å²) < 4.78 is 1.97. The lowest BCUT2D eigenvalue weighted by Crippen LogP contribution is -1.98. The van der Waals surface area contributed by atoms with Gasteiger partial charge >= 0.3 is 0 Å². The molecule has 20 heavy (non-hydrogen) atoms. The second kappa shape index (κ2) is 6.04. The van der Waals surface area contributed by atoms with Gasteiger partial charge in [0, 0.05) is 17.0 Å². The van der Waals surface area contributed by atoms with Crippen molar-refractivity contribution in [1.29, 1.82) is 0 Å². The first-order chi connectivity index (χ1) is 9.60. The van der Waals surface area contributed by atoms with Crippen LogP contribution >= 0.6 is 0 Å². The van der Waals surface area contributed by atoms with Crippen LogP contribution in [0.1, 0.15) is 42.9 Å². The van der Waals surface area contributed by atoms with Crippen molar-refractivity contribution >= 4 is 5.65 Å². The lowest BCUT2D eigenvalue weighted by atomic mass is 10.0. The lowest BCUT2D eigenvalue weighted by Gasteiger charge is -2.05. The third kappa shape index (κ3) is 2.67. The Morgan fingerprint density at radius 2 is 2.10 bits per heavy atom. The molecule has 3 heteroatoms. The Labute approximate surface area is 121 Å². The summed E-state index contributed by atoms with van der Waals surface area (Å²) >= 11 is 0. The summed E-state index contributed by atoms with van der Waals surface area (Å²) in [4.78, 5) is 4.70. The van der Waals surface area contributed by atoms with Crippen molar-refractivity contribution in [1.82, 2.24) is 14.6 Å². The smallest absolute Gasteiger partial charge is 0.159 e. The molecule has 0 N–H and O–H groups in total. The molecular weight excluding hydrogens is 246 g/mol. The molecule has 0 fully saturated rings. The molecule has 2 rings (SSSR count). The monoisotopic (exact) mass is 269 g/mol. The van der Waals surface area contributed by atoms with Crippen LogP contribution in [0.5, 0.6) is 0 Å². The third-order valence-corrected chi connectivity index (χ3v) is 3.62. The SMILES string of the molecule is C=CC=C(CC)Cc1c(CC)nn2c(C)cc(C)nc12. The number of aryl methyl sites for hydroxylation is 3. The Morgan fingerprint density at radius 3 is 2.70 bits per heavy atom. The van der Waals surface area contributed by atoms with Gasteiger partial charge in [-0.15, -0.1) is 0 Å². The number of aromatic nitrogens is 3. The molecule has 0 saturated carbocycles. The van der Waals surface area contributed by atoms with Gasteiger partial charge in [-0.2, -0.15) is 5.10 Å². The van der Waals surface area contributed by atoms with Gasteiger partial charge in [-0.3, -0.25) is 0 Å². The van der Waals surface area contributed by atoms with E-state index >= 15 is 0 Å². The normalized spacial score (nSPS) is 12.1. The van der Waals surface area contributed by atoms with Crippen LogP contribution in [0.25, 0.3) is 5.65 Å². The predicted octanol–water partition coefficient (Wildman–Crippen LogP) is 3.97. The molecule has 0 atom stereocenters. The fourth-order valence-electron chi connectivity index (χ4n) is 2.57. The van der Waals surface area contributed by atoms with Crippen molar-refractivity contribution < 1.29 is 0 Å². The maximum Gasteiger partial charge on any atom is 0.159 e. The van der Waals surface area contributed by atoms with Crippen LogP contribution in [0.2, 0.25) is 0 Å². The first-order valence-electron chi connectivity index (χ1n) is 7.25. The lowest BCUT2D eigenvalue weighted by molar-refractivity contribution is 0.848. The van der Waals surface area contributed by atoms with E-state index in [1.807, 2.05) is 17.5 Å². The van der Waals surface area contributed by atoms with Gasteiger partial charge in [-0.25, -0.2) is 9.50 Å². The number of hydrogen-bond donors (Lipinski definition) is 0. The molecule has 0 bridgehead atoms. The molecule has 0 aliphatic carbocycles. The Balaban J connectivity index is 2.61. The van der Waals surface area contributed by atoms with Gasteiger partial charge in [0.15, 0.2) is 5.65 Å². The minimum Gasteiger partial charge on any atom is -0.234 e. The van der Waals surface area contributed by atoms with Crippen LogP contribution in [-0.2, 0) is 12.8 Å². The summed E-state index contributed by atoms with van der Waals surface area (Å²) in [5.74, 6) is 0. The van der Waals surface area contributed by atoms with Crippen molar-refractivity contribution in [3.63, 3.8) is 0 Å². The van der Waals surface area contributed by atoms with Gasteiger partial charge in [0.1, 0.15) is 0 Å². The molecule has 0 aromatic carbocycles. The molecule has 0 spiro atoms. The molecule has 0 aliphatic rings. The Morgan fingerprint density at radius 1 is 1.35 bits per heavy atom. The molecule has 0 radical (unpaired) electrons. The quantitative estimate of drug-likeness (QED) is 0.769. The fraction of sp³-hybridized carbons (Fsp3) is 0.412. The Hall–Kier alpha value is -1.90. The van der Waals surface area contributed by atoms with E-state index in [4.69, 9.17) is 10.1 Å². The van der Waals surface area contributed by atoms with E-state index in [1.165, 1.54) is 11.1 Å². The van der Waals surface area contributed by atoms with Crippen LogP contribution in [0.3, 0.4) is 0 Å². The van der Waals surface area contributed by atoms with Gasteiger partial charge in [0.2, 0.25) is 0 Å². The molecule has 0 aliphatic heterocycles. The number of rotatable bonds is 5. The van der Waals surface area contributed by atoms with Gasteiger partial charge in [0.25, 0.3) is 0 Å². The van der Waals surface area contributed by atoms with E-state index in [0.717, 1.165) is 42.0 Å². The second-order valence-corrected chi connectivity index (χ2v) is 5.14. The molecule has 2 aromatic rings. The highest BCUT2D eigenvalue weighted by Gasteiger charge is 2.15.